The predicted octanol–water partition coefficient (Wildman–Crippen LogP) is 1.05. The van der Waals surface area contributed by atoms with Crippen LogP contribution in [0.5, 0.6) is 0 Å². The summed E-state index contributed by atoms with van der Waals surface area (Å²) in [5.41, 5.74) is 5.83. The van der Waals surface area contributed by atoms with E-state index in [0.717, 1.165) is 0 Å². The molecule has 3 N–H and O–H groups in total. The number of aromatic nitrogens is 1. The molecule has 12 heavy (non-hydrogen) atoms. The first kappa shape index (κ1) is 8.99. The summed E-state index contributed by atoms with van der Waals surface area (Å²) in [6, 6.07) is 3.29. The van der Waals surface area contributed by atoms with E-state index in [1.165, 1.54) is 0 Å². The molecular formula is C7H7BrN2O2. The van der Waals surface area contributed by atoms with E-state index in [1.807, 2.05) is 0 Å². The van der Waals surface area contributed by atoms with Crippen LogP contribution in [0, 0.1) is 0 Å². The molecule has 0 fully saturated rings. The maximum absolute atomic E-state index is 10.3. The third kappa shape index (κ3) is 2.20. The number of carboxylic acid groups (broad SMARTS) is 1. The summed E-state index contributed by atoms with van der Waals surface area (Å²) in [6.45, 7) is 0. The Morgan fingerprint density at radius 1 is 1.67 bits per heavy atom. The Balaban J connectivity index is 2.97. The Hall–Kier alpha value is -1.10. The number of carboxylic acids is 1. The molecule has 0 aromatic carbocycles. The van der Waals surface area contributed by atoms with Crippen molar-refractivity contribution in [1.29, 1.82) is 0 Å². The van der Waals surface area contributed by atoms with Crippen molar-refractivity contribution < 1.29 is 9.90 Å². The summed E-state index contributed by atoms with van der Waals surface area (Å²) in [7, 11) is 0. The molecule has 1 aromatic heterocycles. The quantitative estimate of drug-likeness (QED) is 0.797. The normalized spacial score (nSPS) is 9.75. The van der Waals surface area contributed by atoms with Gasteiger partial charge in [0.25, 0.3) is 0 Å². The lowest BCUT2D eigenvalue weighted by atomic mass is 10.3. The number of hydrogen-bond acceptors (Lipinski definition) is 3. The molecule has 5 heteroatoms. The zero-order valence-electron chi connectivity index (χ0n) is 6.12. The Bertz CT molecular complexity index is 314. The molecule has 1 rings (SSSR count). The molecule has 1 heterocycles. The van der Waals surface area contributed by atoms with Gasteiger partial charge in [0.15, 0.2) is 0 Å². The molecule has 0 aliphatic heterocycles. The van der Waals surface area contributed by atoms with Crippen LogP contribution < -0.4 is 5.73 Å². The third-order valence-electron chi connectivity index (χ3n) is 1.26. The van der Waals surface area contributed by atoms with E-state index >= 15 is 0 Å². The molecule has 0 aliphatic rings. The van der Waals surface area contributed by atoms with Gasteiger partial charge >= 0.3 is 5.97 Å². The molecular weight excluding hydrogens is 224 g/mol. The van der Waals surface area contributed by atoms with Gasteiger partial charge < -0.3 is 10.8 Å². The van der Waals surface area contributed by atoms with Crippen LogP contribution in [-0.4, -0.2) is 16.1 Å². The van der Waals surface area contributed by atoms with Crippen molar-refractivity contribution in [2.45, 2.75) is 6.42 Å². The Labute approximate surface area is 77.5 Å². The van der Waals surface area contributed by atoms with Gasteiger partial charge in [-0.15, -0.1) is 0 Å². The summed E-state index contributed by atoms with van der Waals surface area (Å²) in [4.78, 5) is 14.2. The summed E-state index contributed by atoms with van der Waals surface area (Å²) in [5, 5.41) is 8.48. The average molecular weight is 231 g/mol. The molecule has 1 aromatic rings. The molecule has 0 spiro atoms. The van der Waals surface area contributed by atoms with Crippen LogP contribution in [0.25, 0.3) is 0 Å². The minimum atomic E-state index is -0.922. The van der Waals surface area contributed by atoms with Crippen molar-refractivity contribution in [3.63, 3.8) is 0 Å². The molecule has 4 nitrogen and oxygen atoms in total. The number of carbonyl (C=O) groups is 1. The molecule has 0 radical (unpaired) electrons. The van der Waals surface area contributed by atoms with Crippen molar-refractivity contribution >= 4 is 27.7 Å². The fourth-order valence-corrected chi connectivity index (χ4v) is 1.13. The minimum absolute atomic E-state index is 0.119. The van der Waals surface area contributed by atoms with Gasteiger partial charge in [-0.25, -0.2) is 4.98 Å². The zero-order chi connectivity index (χ0) is 9.14. The van der Waals surface area contributed by atoms with Gasteiger partial charge in [-0.05, 0) is 28.1 Å². The second-order valence-electron chi connectivity index (χ2n) is 2.24. The monoisotopic (exact) mass is 230 g/mol. The number of halogens is 1. The summed E-state index contributed by atoms with van der Waals surface area (Å²) in [6.07, 6.45) is -0.119. The van der Waals surface area contributed by atoms with Gasteiger partial charge in [0.1, 0.15) is 5.82 Å². The fraction of sp³-hybridized carbons (Fsp3) is 0.143. The van der Waals surface area contributed by atoms with Gasteiger partial charge in [0.2, 0.25) is 0 Å². The van der Waals surface area contributed by atoms with Crippen LogP contribution in [0.1, 0.15) is 5.69 Å². The molecule has 0 amide bonds. The average Bonchev–Trinajstić information content (AvgIpc) is 1.96. The van der Waals surface area contributed by atoms with E-state index < -0.39 is 5.97 Å². The van der Waals surface area contributed by atoms with Gasteiger partial charge in [-0.2, -0.15) is 0 Å². The maximum atomic E-state index is 10.3. The molecule has 64 valence electrons. The van der Waals surface area contributed by atoms with Gasteiger partial charge in [0.05, 0.1) is 12.1 Å². The van der Waals surface area contributed by atoms with E-state index in [-0.39, 0.29) is 6.42 Å². The van der Waals surface area contributed by atoms with Crippen LogP contribution >= 0.6 is 15.9 Å². The largest absolute Gasteiger partial charge is 0.481 e. The van der Waals surface area contributed by atoms with E-state index in [0.29, 0.717) is 16.0 Å². The van der Waals surface area contributed by atoms with E-state index in [9.17, 15) is 4.79 Å². The first-order valence-electron chi connectivity index (χ1n) is 3.22. The highest BCUT2D eigenvalue weighted by Crippen LogP contribution is 2.16. The third-order valence-corrected chi connectivity index (χ3v) is 1.98. The molecule has 0 unspecified atom stereocenters. The smallest absolute Gasteiger partial charge is 0.309 e. The van der Waals surface area contributed by atoms with Crippen molar-refractivity contribution in [3.8, 4) is 0 Å². The van der Waals surface area contributed by atoms with Gasteiger partial charge in [-0.1, -0.05) is 0 Å². The molecule has 0 aliphatic carbocycles. The van der Waals surface area contributed by atoms with Crippen LogP contribution in [0.15, 0.2) is 16.6 Å². The standard InChI is InChI=1S/C7H7BrN2O2/c8-4-1-2-6(9)10-5(4)3-7(11)12/h1-2H,3H2,(H2,9,10)(H,11,12). The Morgan fingerprint density at radius 2 is 2.33 bits per heavy atom. The maximum Gasteiger partial charge on any atom is 0.309 e. The number of nitrogens with two attached hydrogens (primary N) is 1. The number of pyridine rings is 1. The molecule has 0 atom stereocenters. The lowest BCUT2D eigenvalue weighted by molar-refractivity contribution is -0.136. The first-order valence-corrected chi connectivity index (χ1v) is 4.01. The van der Waals surface area contributed by atoms with Crippen LogP contribution in [-0.2, 0) is 11.2 Å². The van der Waals surface area contributed by atoms with E-state index in [2.05, 4.69) is 20.9 Å². The Kier molecular flexibility index (Phi) is 2.65. The van der Waals surface area contributed by atoms with Crippen LogP contribution in [0.2, 0.25) is 0 Å². The minimum Gasteiger partial charge on any atom is -0.481 e. The summed E-state index contributed by atoms with van der Waals surface area (Å²) < 4.78 is 0.666. The lowest BCUT2D eigenvalue weighted by Crippen LogP contribution is -2.04. The zero-order valence-corrected chi connectivity index (χ0v) is 7.71. The van der Waals surface area contributed by atoms with Crippen LogP contribution in [0.3, 0.4) is 0 Å². The fourth-order valence-electron chi connectivity index (χ4n) is 0.768. The van der Waals surface area contributed by atoms with Crippen molar-refractivity contribution in [3.05, 3.63) is 22.3 Å². The SMILES string of the molecule is Nc1ccc(Br)c(CC(=O)O)n1. The number of nitrogen functional groups attached to an aromatic ring is 1. The highest BCUT2D eigenvalue weighted by molar-refractivity contribution is 9.10. The predicted molar refractivity (Wildman–Crippen MR) is 47.7 cm³/mol. The van der Waals surface area contributed by atoms with Crippen molar-refractivity contribution in [2.75, 3.05) is 5.73 Å². The number of rotatable bonds is 2. The van der Waals surface area contributed by atoms with Crippen molar-refractivity contribution in [1.82, 2.24) is 4.98 Å². The molecule has 0 saturated carbocycles. The van der Waals surface area contributed by atoms with Gasteiger partial charge in [-0.3, -0.25) is 4.79 Å². The summed E-state index contributed by atoms with van der Waals surface area (Å²) >= 11 is 3.18. The Morgan fingerprint density at radius 3 is 2.92 bits per heavy atom. The molecule has 0 bridgehead atoms. The number of nitrogens with zero attached hydrogens (tertiary/aromatic N) is 1. The molecule has 0 saturated heterocycles. The highest BCUT2D eigenvalue weighted by atomic mass is 79.9. The van der Waals surface area contributed by atoms with Crippen molar-refractivity contribution in [2.24, 2.45) is 0 Å². The first-order chi connectivity index (χ1) is 5.59. The van der Waals surface area contributed by atoms with E-state index in [1.54, 1.807) is 12.1 Å². The topological polar surface area (TPSA) is 76.2 Å². The number of hydrogen-bond donors (Lipinski definition) is 2. The number of anilines is 1. The van der Waals surface area contributed by atoms with Crippen LogP contribution in [0.4, 0.5) is 5.82 Å². The summed E-state index contributed by atoms with van der Waals surface area (Å²) in [5.74, 6) is -0.594. The number of aliphatic carboxylic acids is 1. The second kappa shape index (κ2) is 3.53. The second-order valence-corrected chi connectivity index (χ2v) is 3.09. The lowest BCUT2D eigenvalue weighted by Gasteiger charge is -2.00. The van der Waals surface area contributed by atoms with E-state index in [4.69, 9.17) is 10.8 Å². The highest BCUT2D eigenvalue weighted by Gasteiger charge is 2.06. The van der Waals surface area contributed by atoms with Gasteiger partial charge in [0, 0.05) is 4.47 Å².